The van der Waals surface area contributed by atoms with Crippen LogP contribution in [0.5, 0.6) is 0 Å². The fourth-order valence-corrected chi connectivity index (χ4v) is 2.76. The second-order valence-corrected chi connectivity index (χ2v) is 5.27. The van der Waals surface area contributed by atoms with Gasteiger partial charge in [-0.2, -0.15) is 4.57 Å². The van der Waals surface area contributed by atoms with Gasteiger partial charge in [-0.15, -0.1) is 0 Å². The van der Waals surface area contributed by atoms with Gasteiger partial charge >= 0.3 is 5.91 Å². The van der Waals surface area contributed by atoms with E-state index in [4.69, 9.17) is 5.73 Å². The topological polar surface area (TPSA) is 59.0 Å². The van der Waals surface area contributed by atoms with E-state index in [0.717, 1.165) is 9.51 Å². The minimum absolute atomic E-state index is 0.0263. The summed E-state index contributed by atoms with van der Waals surface area (Å²) >= 11 is 4.80. The lowest BCUT2D eigenvalue weighted by atomic mass is 10.4. The van der Waals surface area contributed by atoms with Gasteiger partial charge in [0.25, 0.3) is 5.37 Å². The Balaban J connectivity index is 2.24. The number of rotatable bonds is 2. The van der Waals surface area contributed by atoms with Crippen LogP contribution in [-0.2, 0) is 4.79 Å². The first kappa shape index (κ1) is 11.6. The van der Waals surface area contributed by atoms with E-state index in [0.29, 0.717) is 6.54 Å². The maximum atomic E-state index is 11.8. The van der Waals surface area contributed by atoms with Crippen LogP contribution in [0.2, 0.25) is 0 Å². The molecule has 1 atom stereocenters. The molecule has 0 aromatic carbocycles. The molecule has 0 saturated carbocycles. The molecular formula is C10H11BrN3OS+. The lowest BCUT2D eigenvalue weighted by Crippen LogP contribution is -2.41. The molecule has 1 aliphatic heterocycles. The molecule has 0 radical (unpaired) electrons. The van der Waals surface area contributed by atoms with Crippen LogP contribution in [0.4, 0.5) is 0 Å². The van der Waals surface area contributed by atoms with Crippen LogP contribution in [0.1, 0.15) is 5.37 Å². The Labute approximate surface area is 106 Å². The lowest BCUT2D eigenvalue weighted by molar-refractivity contribution is -0.686. The average Bonchev–Trinajstić information content (AvgIpc) is 2.71. The molecule has 0 spiro atoms. The summed E-state index contributed by atoms with van der Waals surface area (Å²) in [5.74, 6) is -0.0263. The maximum absolute atomic E-state index is 11.8. The number of amides is 1. The van der Waals surface area contributed by atoms with Crippen molar-refractivity contribution in [2.24, 2.45) is 5.73 Å². The van der Waals surface area contributed by atoms with E-state index in [1.165, 1.54) is 11.8 Å². The van der Waals surface area contributed by atoms with E-state index in [1.54, 1.807) is 0 Å². The van der Waals surface area contributed by atoms with Crippen LogP contribution in [0.25, 0.3) is 0 Å². The van der Waals surface area contributed by atoms with Crippen molar-refractivity contribution >= 4 is 33.6 Å². The second kappa shape index (κ2) is 4.99. The molecule has 1 amide bonds. The van der Waals surface area contributed by atoms with Gasteiger partial charge in [0, 0.05) is 23.2 Å². The molecule has 1 saturated heterocycles. The number of nitrogens with zero attached hydrogens (tertiary/aromatic N) is 1. The highest BCUT2D eigenvalue weighted by molar-refractivity contribution is 9.11. The number of carbonyl (C=O) groups excluding carboxylic acids is 1. The third-order valence-electron chi connectivity index (χ3n) is 2.13. The normalized spacial score (nSPS) is 23.1. The molecule has 1 aromatic heterocycles. The summed E-state index contributed by atoms with van der Waals surface area (Å²) < 4.78 is 2.69. The highest BCUT2D eigenvalue weighted by Gasteiger charge is 2.37. The van der Waals surface area contributed by atoms with Gasteiger partial charge < -0.3 is 11.1 Å². The Morgan fingerprint density at radius 1 is 1.50 bits per heavy atom. The van der Waals surface area contributed by atoms with Gasteiger partial charge in [-0.05, 0) is 11.8 Å². The number of nitrogens with one attached hydrogen (secondary N) is 1. The molecular weight excluding hydrogens is 290 g/mol. The third-order valence-corrected chi connectivity index (χ3v) is 4.37. The standard InChI is InChI=1S/C10H10BrN3OS/c11-7(6-12)9-13-8(15)10(16-9)14-4-2-1-3-5-14/h1-5,10H,6,12H2/p+1/b9-7-. The Kier molecular flexibility index (Phi) is 3.63. The minimum Gasteiger partial charge on any atom is -0.326 e. The molecule has 6 heteroatoms. The van der Waals surface area contributed by atoms with Crippen molar-refractivity contribution in [2.75, 3.05) is 6.54 Å². The molecule has 3 N–H and O–H groups in total. The fourth-order valence-electron chi connectivity index (χ4n) is 1.36. The van der Waals surface area contributed by atoms with E-state index < -0.39 is 0 Å². The number of hydrogen-bond donors (Lipinski definition) is 2. The molecule has 1 aromatic rings. The van der Waals surface area contributed by atoms with Gasteiger partial charge in [-0.3, -0.25) is 4.79 Å². The predicted molar refractivity (Wildman–Crippen MR) is 66.4 cm³/mol. The highest BCUT2D eigenvalue weighted by Crippen LogP contribution is 2.34. The van der Waals surface area contributed by atoms with Crippen molar-refractivity contribution in [3.05, 3.63) is 40.1 Å². The molecule has 1 aliphatic rings. The van der Waals surface area contributed by atoms with Gasteiger partial charge in [-0.25, -0.2) is 0 Å². The number of thioether (sulfide) groups is 1. The molecule has 1 unspecified atom stereocenters. The maximum Gasteiger partial charge on any atom is 0.305 e. The number of nitrogens with two attached hydrogens (primary N) is 1. The zero-order valence-electron chi connectivity index (χ0n) is 8.39. The van der Waals surface area contributed by atoms with Crippen molar-refractivity contribution < 1.29 is 9.36 Å². The average molecular weight is 301 g/mol. The molecule has 16 heavy (non-hydrogen) atoms. The Bertz CT molecular complexity index is 435. The monoisotopic (exact) mass is 300 g/mol. The number of halogens is 1. The summed E-state index contributed by atoms with van der Waals surface area (Å²) in [6.07, 6.45) is 3.74. The molecule has 0 aliphatic carbocycles. The van der Waals surface area contributed by atoms with E-state index in [1.807, 2.05) is 35.2 Å². The molecule has 4 nitrogen and oxygen atoms in total. The van der Waals surface area contributed by atoms with Gasteiger partial charge in [0.1, 0.15) is 0 Å². The van der Waals surface area contributed by atoms with Gasteiger partial charge in [0.15, 0.2) is 12.4 Å². The smallest absolute Gasteiger partial charge is 0.305 e. The first-order valence-corrected chi connectivity index (χ1v) is 6.41. The van der Waals surface area contributed by atoms with E-state index in [9.17, 15) is 4.79 Å². The Morgan fingerprint density at radius 3 is 2.81 bits per heavy atom. The zero-order chi connectivity index (χ0) is 11.5. The molecule has 0 bridgehead atoms. The Hall–Kier alpha value is -0.850. The molecule has 2 rings (SSSR count). The van der Waals surface area contributed by atoms with Crippen LogP contribution in [0.15, 0.2) is 40.1 Å². The SMILES string of the molecule is NC/C(Br)=C1\NC(=O)C([n+]2ccccc2)S1. The van der Waals surface area contributed by atoms with Crippen LogP contribution in [-0.4, -0.2) is 12.5 Å². The summed E-state index contributed by atoms with van der Waals surface area (Å²) in [6, 6.07) is 5.71. The van der Waals surface area contributed by atoms with Gasteiger partial charge in [-0.1, -0.05) is 22.0 Å². The molecule has 1 fully saturated rings. The summed E-state index contributed by atoms with van der Waals surface area (Å²) in [5.41, 5.74) is 5.51. The van der Waals surface area contributed by atoms with E-state index in [-0.39, 0.29) is 11.3 Å². The summed E-state index contributed by atoms with van der Waals surface area (Å²) in [5, 5.41) is 3.35. The molecule has 84 valence electrons. The first-order chi connectivity index (χ1) is 7.72. The van der Waals surface area contributed by atoms with E-state index in [2.05, 4.69) is 21.2 Å². The highest BCUT2D eigenvalue weighted by atomic mass is 79.9. The zero-order valence-corrected chi connectivity index (χ0v) is 10.8. The van der Waals surface area contributed by atoms with Crippen LogP contribution in [0, 0.1) is 0 Å². The summed E-state index contributed by atoms with van der Waals surface area (Å²) in [7, 11) is 0. The Morgan fingerprint density at radius 2 is 2.19 bits per heavy atom. The predicted octanol–water partition coefficient (Wildman–Crippen LogP) is 0.858. The fraction of sp³-hybridized carbons (Fsp3) is 0.200. The quantitative estimate of drug-likeness (QED) is 0.797. The van der Waals surface area contributed by atoms with Crippen LogP contribution in [0.3, 0.4) is 0 Å². The number of aromatic nitrogens is 1. The number of pyridine rings is 1. The van der Waals surface area contributed by atoms with Crippen molar-refractivity contribution in [3.63, 3.8) is 0 Å². The van der Waals surface area contributed by atoms with E-state index >= 15 is 0 Å². The molecule has 2 heterocycles. The second-order valence-electron chi connectivity index (χ2n) is 3.22. The van der Waals surface area contributed by atoms with Crippen LogP contribution >= 0.6 is 27.7 Å². The third kappa shape index (κ3) is 2.28. The number of carbonyl (C=O) groups is 1. The van der Waals surface area contributed by atoms with Gasteiger partial charge in [0.2, 0.25) is 0 Å². The van der Waals surface area contributed by atoms with Crippen molar-refractivity contribution in [1.82, 2.24) is 5.32 Å². The van der Waals surface area contributed by atoms with Crippen molar-refractivity contribution in [1.29, 1.82) is 0 Å². The largest absolute Gasteiger partial charge is 0.326 e. The van der Waals surface area contributed by atoms with Crippen molar-refractivity contribution in [3.8, 4) is 0 Å². The summed E-state index contributed by atoms with van der Waals surface area (Å²) in [4.78, 5) is 11.8. The van der Waals surface area contributed by atoms with Gasteiger partial charge in [0.05, 0.1) is 5.03 Å². The van der Waals surface area contributed by atoms with Crippen molar-refractivity contribution in [2.45, 2.75) is 5.37 Å². The minimum atomic E-state index is -0.254. The number of hydrogen-bond acceptors (Lipinski definition) is 3. The summed E-state index contributed by atoms with van der Waals surface area (Å²) in [6.45, 7) is 0.384. The first-order valence-electron chi connectivity index (χ1n) is 4.74. The van der Waals surface area contributed by atoms with Crippen LogP contribution < -0.4 is 15.6 Å². The lowest BCUT2D eigenvalue weighted by Gasteiger charge is -1.99.